The Morgan fingerprint density at radius 1 is 1.37 bits per heavy atom. The fourth-order valence-electron chi connectivity index (χ4n) is 3.04. The maximum atomic E-state index is 3.51. The van der Waals surface area contributed by atoms with Crippen LogP contribution in [0.4, 0.5) is 5.69 Å². The van der Waals surface area contributed by atoms with Crippen LogP contribution in [0.15, 0.2) is 24.3 Å². The summed E-state index contributed by atoms with van der Waals surface area (Å²) in [4.78, 5) is 2.50. The van der Waals surface area contributed by atoms with Gasteiger partial charge in [0.1, 0.15) is 0 Å². The second kappa shape index (κ2) is 7.54. The highest BCUT2D eigenvalue weighted by Gasteiger charge is 2.13. The van der Waals surface area contributed by atoms with Crippen molar-refractivity contribution < 1.29 is 0 Å². The molecule has 0 bridgehead atoms. The number of benzene rings is 1. The van der Waals surface area contributed by atoms with Crippen molar-refractivity contribution >= 4 is 5.69 Å². The Kier molecular flexibility index (Phi) is 5.71. The van der Waals surface area contributed by atoms with E-state index in [0.29, 0.717) is 0 Å². The maximum Gasteiger partial charge on any atom is 0.0368 e. The predicted molar refractivity (Wildman–Crippen MR) is 83.9 cm³/mol. The highest BCUT2D eigenvalue weighted by Crippen LogP contribution is 2.19. The number of nitrogens with zero attached hydrogens (tertiary/aromatic N) is 1. The molecule has 1 aromatic rings. The number of hydrogen-bond donors (Lipinski definition) is 1. The van der Waals surface area contributed by atoms with E-state index in [-0.39, 0.29) is 0 Å². The van der Waals surface area contributed by atoms with Crippen molar-refractivity contribution in [3.8, 4) is 0 Å². The fourth-order valence-corrected chi connectivity index (χ4v) is 3.04. The average molecular weight is 260 g/mol. The third kappa shape index (κ3) is 4.54. The highest BCUT2D eigenvalue weighted by molar-refractivity contribution is 5.48. The van der Waals surface area contributed by atoms with Crippen LogP contribution in [0.3, 0.4) is 0 Å². The molecule has 1 saturated heterocycles. The zero-order valence-corrected chi connectivity index (χ0v) is 12.5. The summed E-state index contributed by atoms with van der Waals surface area (Å²) in [6, 6.07) is 8.87. The largest absolute Gasteiger partial charge is 0.372 e. The fraction of sp³-hybridized carbons (Fsp3) is 0.647. The van der Waals surface area contributed by atoms with Crippen molar-refractivity contribution in [1.82, 2.24) is 5.32 Å². The van der Waals surface area contributed by atoms with Crippen LogP contribution in [0.5, 0.6) is 0 Å². The van der Waals surface area contributed by atoms with Crippen molar-refractivity contribution in [3.63, 3.8) is 0 Å². The van der Waals surface area contributed by atoms with Gasteiger partial charge < -0.3 is 10.2 Å². The van der Waals surface area contributed by atoms with Gasteiger partial charge in [-0.1, -0.05) is 12.1 Å². The van der Waals surface area contributed by atoms with Crippen LogP contribution in [0.1, 0.15) is 38.2 Å². The topological polar surface area (TPSA) is 15.3 Å². The first-order valence-electron chi connectivity index (χ1n) is 7.82. The van der Waals surface area contributed by atoms with Crippen LogP contribution in [0.25, 0.3) is 0 Å². The Balaban J connectivity index is 1.79. The molecule has 2 rings (SSSR count). The molecule has 1 fully saturated rings. The predicted octanol–water partition coefficient (Wildman–Crippen LogP) is 3.60. The molecule has 1 aliphatic rings. The minimum atomic E-state index is 0.907. The second-order valence-corrected chi connectivity index (χ2v) is 5.77. The van der Waals surface area contributed by atoms with Gasteiger partial charge in [0.15, 0.2) is 0 Å². The normalized spacial score (nSPS) is 19.4. The monoisotopic (exact) mass is 260 g/mol. The molecule has 19 heavy (non-hydrogen) atoms. The Bertz CT molecular complexity index is 369. The first kappa shape index (κ1) is 14.4. The van der Waals surface area contributed by atoms with Gasteiger partial charge in [-0.15, -0.1) is 0 Å². The number of aryl methyl sites for hydroxylation is 1. The van der Waals surface area contributed by atoms with Gasteiger partial charge in [0, 0.05) is 18.8 Å². The van der Waals surface area contributed by atoms with Crippen molar-refractivity contribution in [3.05, 3.63) is 29.8 Å². The third-order valence-corrected chi connectivity index (χ3v) is 4.19. The first-order chi connectivity index (χ1) is 9.29. The van der Waals surface area contributed by atoms with Crippen LogP contribution in [-0.4, -0.2) is 26.2 Å². The molecule has 1 atom stereocenters. The Morgan fingerprint density at radius 2 is 2.26 bits per heavy atom. The average Bonchev–Trinajstić information content (AvgIpc) is 2.45. The molecule has 0 aliphatic carbocycles. The lowest BCUT2D eigenvalue weighted by atomic mass is 9.94. The molecule has 1 aliphatic heterocycles. The van der Waals surface area contributed by atoms with Crippen molar-refractivity contribution in [2.45, 2.75) is 39.5 Å². The number of piperidine rings is 1. The van der Waals surface area contributed by atoms with Gasteiger partial charge >= 0.3 is 0 Å². The molecule has 1 aromatic carbocycles. The van der Waals surface area contributed by atoms with E-state index in [4.69, 9.17) is 0 Å². The Hall–Kier alpha value is -1.02. The molecule has 1 heterocycles. The van der Waals surface area contributed by atoms with Crippen LogP contribution in [-0.2, 0) is 0 Å². The highest BCUT2D eigenvalue weighted by atomic mass is 15.1. The van der Waals surface area contributed by atoms with Crippen molar-refractivity contribution in [2.24, 2.45) is 5.92 Å². The molecule has 1 N–H and O–H groups in total. The smallest absolute Gasteiger partial charge is 0.0368 e. The lowest BCUT2D eigenvalue weighted by molar-refractivity contribution is 0.351. The van der Waals surface area contributed by atoms with Gasteiger partial charge in [-0.25, -0.2) is 0 Å². The quantitative estimate of drug-likeness (QED) is 0.840. The zero-order valence-electron chi connectivity index (χ0n) is 12.5. The van der Waals surface area contributed by atoms with Crippen molar-refractivity contribution in [2.75, 3.05) is 31.1 Å². The van der Waals surface area contributed by atoms with Gasteiger partial charge in [0.2, 0.25) is 0 Å². The summed E-state index contributed by atoms with van der Waals surface area (Å²) in [6.45, 7) is 9.18. The van der Waals surface area contributed by atoms with E-state index in [0.717, 1.165) is 12.5 Å². The standard InChI is InChI=1S/C17H28N2/c1-3-19(17-10-4-7-15(2)13-17)12-6-9-16-8-5-11-18-14-16/h4,7,10,13,16,18H,3,5-6,8-9,11-12,14H2,1-2H3. The van der Waals surface area contributed by atoms with Crippen LogP contribution < -0.4 is 10.2 Å². The van der Waals surface area contributed by atoms with Gasteiger partial charge in [0.25, 0.3) is 0 Å². The van der Waals surface area contributed by atoms with Gasteiger partial charge in [0.05, 0.1) is 0 Å². The number of anilines is 1. The molecule has 106 valence electrons. The van der Waals surface area contributed by atoms with E-state index in [1.165, 1.54) is 56.6 Å². The van der Waals surface area contributed by atoms with Crippen LogP contribution >= 0.6 is 0 Å². The molecule has 0 spiro atoms. The molecule has 0 radical (unpaired) electrons. The summed E-state index contributed by atoms with van der Waals surface area (Å²) in [6.07, 6.45) is 5.47. The maximum absolute atomic E-state index is 3.51. The van der Waals surface area contributed by atoms with E-state index in [2.05, 4.69) is 48.3 Å². The summed E-state index contributed by atoms with van der Waals surface area (Å²) in [5.41, 5.74) is 2.73. The van der Waals surface area contributed by atoms with Gasteiger partial charge in [-0.05, 0) is 76.2 Å². The molecule has 0 amide bonds. The van der Waals surface area contributed by atoms with Crippen LogP contribution in [0, 0.1) is 12.8 Å². The van der Waals surface area contributed by atoms with Crippen LogP contribution in [0.2, 0.25) is 0 Å². The lowest BCUT2D eigenvalue weighted by Crippen LogP contribution is -2.31. The molecule has 0 saturated carbocycles. The van der Waals surface area contributed by atoms with E-state index in [1.807, 2.05) is 0 Å². The summed E-state index contributed by atoms with van der Waals surface area (Å²) >= 11 is 0. The molecule has 0 aromatic heterocycles. The molecular weight excluding hydrogens is 232 g/mol. The number of rotatable bonds is 6. The minimum absolute atomic E-state index is 0.907. The van der Waals surface area contributed by atoms with E-state index in [1.54, 1.807) is 0 Å². The molecule has 2 heteroatoms. The molecule has 1 unspecified atom stereocenters. The third-order valence-electron chi connectivity index (χ3n) is 4.19. The Labute approximate surface area is 118 Å². The summed E-state index contributed by atoms with van der Waals surface area (Å²) < 4.78 is 0. The molecule has 2 nitrogen and oxygen atoms in total. The number of hydrogen-bond acceptors (Lipinski definition) is 2. The second-order valence-electron chi connectivity index (χ2n) is 5.77. The van der Waals surface area contributed by atoms with E-state index in [9.17, 15) is 0 Å². The zero-order chi connectivity index (χ0) is 13.5. The van der Waals surface area contributed by atoms with E-state index >= 15 is 0 Å². The van der Waals surface area contributed by atoms with Crippen molar-refractivity contribution in [1.29, 1.82) is 0 Å². The summed E-state index contributed by atoms with van der Waals surface area (Å²) in [5.74, 6) is 0.907. The number of nitrogens with one attached hydrogen (secondary N) is 1. The minimum Gasteiger partial charge on any atom is -0.372 e. The lowest BCUT2D eigenvalue weighted by Gasteiger charge is -2.26. The first-order valence-corrected chi connectivity index (χ1v) is 7.82. The molecular formula is C17H28N2. The van der Waals surface area contributed by atoms with Gasteiger partial charge in [-0.3, -0.25) is 0 Å². The Morgan fingerprint density at radius 3 is 2.95 bits per heavy atom. The summed E-state index contributed by atoms with van der Waals surface area (Å²) in [5, 5.41) is 3.51. The van der Waals surface area contributed by atoms with E-state index < -0.39 is 0 Å². The summed E-state index contributed by atoms with van der Waals surface area (Å²) in [7, 11) is 0. The SMILES string of the molecule is CCN(CCCC1CCCNC1)c1cccc(C)c1. The van der Waals surface area contributed by atoms with Gasteiger partial charge in [-0.2, -0.15) is 0 Å².